The molecule has 0 spiro atoms. The molecule has 2 nitrogen and oxygen atoms in total. The Hall–Kier alpha value is -0.120. The van der Waals surface area contributed by atoms with Crippen molar-refractivity contribution in [2.75, 3.05) is 6.54 Å². The van der Waals surface area contributed by atoms with Gasteiger partial charge in [-0.15, -0.1) is 0 Å². The van der Waals surface area contributed by atoms with Crippen LogP contribution in [0.15, 0.2) is 18.5 Å². The van der Waals surface area contributed by atoms with E-state index in [0.717, 1.165) is 36.5 Å². The highest BCUT2D eigenvalue weighted by atomic mass is 79.9. The molecule has 0 bridgehead atoms. The van der Waals surface area contributed by atoms with Crippen LogP contribution >= 0.6 is 27.5 Å². The van der Waals surface area contributed by atoms with Crippen molar-refractivity contribution in [2.24, 2.45) is 0 Å². The van der Waals surface area contributed by atoms with Gasteiger partial charge >= 0.3 is 0 Å². The molecule has 0 fully saturated rings. The van der Waals surface area contributed by atoms with Gasteiger partial charge in [0, 0.05) is 23.8 Å². The molecule has 1 aromatic heterocycles. The normalized spacial score (nSPS) is 12.7. The third kappa shape index (κ3) is 4.96. The van der Waals surface area contributed by atoms with E-state index in [4.69, 9.17) is 11.6 Å². The Balaban J connectivity index is 2.23. The summed E-state index contributed by atoms with van der Waals surface area (Å²) in [6, 6.07) is 1.95. The molecule has 15 heavy (non-hydrogen) atoms. The SMILES string of the molecule is CCC(Br)CCNCc1ccncc1Cl. The van der Waals surface area contributed by atoms with Gasteiger partial charge in [0.15, 0.2) is 0 Å². The van der Waals surface area contributed by atoms with Crippen molar-refractivity contribution in [3.8, 4) is 0 Å². The number of hydrogen-bond donors (Lipinski definition) is 1. The molecule has 0 aromatic carbocycles. The van der Waals surface area contributed by atoms with E-state index in [-0.39, 0.29) is 0 Å². The van der Waals surface area contributed by atoms with Gasteiger partial charge in [-0.1, -0.05) is 34.5 Å². The minimum absolute atomic E-state index is 0.609. The summed E-state index contributed by atoms with van der Waals surface area (Å²) >= 11 is 9.58. The molecule has 4 heteroatoms. The van der Waals surface area contributed by atoms with E-state index in [0.29, 0.717) is 4.83 Å². The maximum atomic E-state index is 5.98. The third-order valence-electron chi connectivity index (χ3n) is 2.25. The molecular weight excluding hydrogens is 275 g/mol. The predicted molar refractivity (Wildman–Crippen MR) is 68.6 cm³/mol. The Morgan fingerprint density at radius 2 is 2.40 bits per heavy atom. The fourth-order valence-electron chi connectivity index (χ4n) is 1.23. The van der Waals surface area contributed by atoms with E-state index in [2.05, 4.69) is 33.2 Å². The van der Waals surface area contributed by atoms with Crippen LogP contribution in [0.25, 0.3) is 0 Å². The second kappa shape index (κ2) is 7.20. The summed E-state index contributed by atoms with van der Waals surface area (Å²) in [7, 11) is 0. The molecule has 0 radical (unpaired) electrons. The van der Waals surface area contributed by atoms with E-state index in [9.17, 15) is 0 Å². The lowest BCUT2D eigenvalue weighted by Crippen LogP contribution is -2.17. The number of halogens is 2. The highest BCUT2D eigenvalue weighted by Gasteiger charge is 2.01. The van der Waals surface area contributed by atoms with Crippen LogP contribution in [0.3, 0.4) is 0 Å². The molecule has 0 saturated heterocycles. The number of rotatable bonds is 6. The molecule has 1 unspecified atom stereocenters. The summed E-state index contributed by atoms with van der Waals surface area (Å²) in [5, 5.41) is 4.10. The molecular formula is C11H16BrClN2. The Morgan fingerprint density at radius 3 is 3.07 bits per heavy atom. The average molecular weight is 292 g/mol. The number of aromatic nitrogens is 1. The molecule has 1 atom stereocenters. The van der Waals surface area contributed by atoms with Gasteiger partial charge < -0.3 is 5.32 Å². The Kier molecular flexibility index (Phi) is 6.22. The van der Waals surface area contributed by atoms with E-state index in [1.54, 1.807) is 12.4 Å². The summed E-state index contributed by atoms with van der Waals surface area (Å²) in [5.74, 6) is 0. The van der Waals surface area contributed by atoms with Gasteiger partial charge in [-0.2, -0.15) is 0 Å². The summed E-state index contributed by atoms with van der Waals surface area (Å²) in [5.41, 5.74) is 1.11. The van der Waals surface area contributed by atoms with Gasteiger partial charge in [0.2, 0.25) is 0 Å². The van der Waals surface area contributed by atoms with Gasteiger partial charge in [-0.25, -0.2) is 0 Å². The first kappa shape index (κ1) is 12.9. The van der Waals surface area contributed by atoms with Crippen molar-refractivity contribution in [3.05, 3.63) is 29.0 Å². The average Bonchev–Trinajstić information content (AvgIpc) is 2.26. The highest BCUT2D eigenvalue weighted by Crippen LogP contribution is 2.13. The van der Waals surface area contributed by atoms with Crippen molar-refractivity contribution in [1.29, 1.82) is 0 Å². The Morgan fingerprint density at radius 1 is 1.60 bits per heavy atom. The smallest absolute Gasteiger partial charge is 0.0634 e. The summed E-state index contributed by atoms with van der Waals surface area (Å²) < 4.78 is 0. The van der Waals surface area contributed by atoms with E-state index < -0.39 is 0 Å². The van der Waals surface area contributed by atoms with E-state index >= 15 is 0 Å². The van der Waals surface area contributed by atoms with Crippen molar-refractivity contribution in [3.63, 3.8) is 0 Å². The van der Waals surface area contributed by atoms with Gasteiger partial charge in [0.25, 0.3) is 0 Å². The molecule has 0 aliphatic rings. The Labute approximate surface area is 105 Å². The predicted octanol–water partition coefficient (Wildman–Crippen LogP) is 3.39. The van der Waals surface area contributed by atoms with Gasteiger partial charge in [0.05, 0.1) is 5.02 Å². The first-order chi connectivity index (χ1) is 7.24. The maximum Gasteiger partial charge on any atom is 0.0634 e. The van der Waals surface area contributed by atoms with Crippen molar-refractivity contribution in [2.45, 2.75) is 31.1 Å². The zero-order chi connectivity index (χ0) is 11.1. The van der Waals surface area contributed by atoms with Crippen molar-refractivity contribution < 1.29 is 0 Å². The molecule has 1 heterocycles. The standard InChI is InChI=1S/C11H16BrClN2/c1-2-10(12)4-6-14-7-9-3-5-15-8-11(9)13/h3,5,8,10,14H,2,4,6-7H2,1H3. The molecule has 84 valence electrons. The molecule has 1 rings (SSSR count). The van der Waals surface area contributed by atoms with Crippen LogP contribution < -0.4 is 5.32 Å². The van der Waals surface area contributed by atoms with Crippen LogP contribution in [-0.4, -0.2) is 16.4 Å². The van der Waals surface area contributed by atoms with Crippen LogP contribution in [0.1, 0.15) is 25.3 Å². The molecule has 0 saturated carbocycles. The first-order valence-corrected chi connectivity index (χ1v) is 6.46. The van der Waals surface area contributed by atoms with Crippen molar-refractivity contribution >= 4 is 27.5 Å². The van der Waals surface area contributed by atoms with Gasteiger partial charge in [-0.05, 0) is 31.0 Å². The largest absolute Gasteiger partial charge is 0.313 e. The number of pyridine rings is 1. The monoisotopic (exact) mass is 290 g/mol. The number of nitrogens with zero attached hydrogens (tertiary/aromatic N) is 1. The number of hydrogen-bond acceptors (Lipinski definition) is 2. The molecule has 0 aliphatic heterocycles. The third-order valence-corrected chi connectivity index (χ3v) is 3.69. The maximum absolute atomic E-state index is 5.98. The number of alkyl halides is 1. The summed E-state index contributed by atoms with van der Waals surface area (Å²) in [4.78, 5) is 4.56. The molecule has 0 amide bonds. The minimum Gasteiger partial charge on any atom is -0.313 e. The second-order valence-corrected chi connectivity index (χ2v) is 5.14. The molecule has 1 aromatic rings. The quantitative estimate of drug-likeness (QED) is 0.642. The van der Waals surface area contributed by atoms with Crippen molar-refractivity contribution in [1.82, 2.24) is 10.3 Å². The molecule has 0 aliphatic carbocycles. The lowest BCUT2D eigenvalue weighted by Gasteiger charge is -2.08. The number of nitrogens with one attached hydrogen (secondary N) is 1. The first-order valence-electron chi connectivity index (χ1n) is 5.17. The minimum atomic E-state index is 0.609. The van der Waals surface area contributed by atoms with Crippen LogP contribution in [-0.2, 0) is 6.54 Å². The summed E-state index contributed by atoms with van der Waals surface area (Å²) in [6.07, 6.45) is 5.75. The Bertz CT molecular complexity index is 294. The van der Waals surface area contributed by atoms with Crippen LogP contribution in [0.2, 0.25) is 5.02 Å². The zero-order valence-corrected chi connectivity index (χ0v) is 11.2. The van der Waals surface area contributed by atoms with Crippen LogP contribution in [0, 0.1) is 0 Å². The van der Waals surface area contributed by atoms with Gasteiger partial charge in [-0.3, -0.25) is 4.98 Å². The van der Waals surface area contributed by atoms with Gasteiger partial charge in [0.1, 0.15) is 0 Å². The lowest BCUT2D eigenvalue weighted by atomic mass is 10.2. The van der Waals surface area contributed by atoms with Crippen LogP contribution in [0.5, 0.6) is 0 Å². The zero-order valence-electron chi connectivity index (χ0n) is 8.84. The van der Waals surface area contributed by atoms with E-state index in [1.165, 1.54) is 0 Å². The molecule has 1 N–H and O–H groups in total. The lowest BCUT2D eigenvalue weighted by molar-refractivity contribution is 0.630. The summed E-state index contributed by atoms with van der Waals surface area (Å²) in [6.45, 7) is 3.99. The topological polar surface area (TPSA) is 24.9 Å². The van der Waals surface area contributed by atoms with E-state index in [1.807, 2.05) is 6.07 Å². The fraction of sp³-hybridized carbons (Fsp3) is 0.545. The van der Waals surface area contributed by atoms with Crippen LogP contribution in [0.4, 0.5) is 0 Å². The highest BCUT2D eigenvalue weighted by molar-refractivity contribution is 9.09. The fourth-order valence-corrected chi connectivity index (χ4v) is 1.65. The second-order valence-electron chi connectivity index (χ2n) is 3.44.